The maximum atomic E-state index is 11.7. The Hall–Kier alpha value is -1.07. The van der Waals surface area contributed by atoms with Crippen molar-refractivity contribution >= 4 is 25.7 Å². The van der Waals surface area contributed by atoms with Gasteiger partial charge in [-0.2, -0.15) is 0 Å². The molecule has 100 valence electrons. The van der Waals surface area contributed by atoms with Gasteiger partial charge < -0.3 is 4.74 Å². The minimum atomic E-state index is -3.88. The molecular formula is C12H15ClO4S. The number of halogens is 1. The maximum Gasteiger partial charge on any atom is 0.338 e. The van der Waals surface area contributed by atoms with E-state index in [9.17, 15) is 13.2 Å². The fraction of sp³-hybridized carbons (Fsp3) is 0.417. The Kier molecular flexibility index (Phi) is 4.40. The van der Waals surface area contributed by atoms with Crippen molar-refractivity contribution in [1.29, 1.82) is 0 Å². The third-order valence-corrected chi connectivity index (χ3v) is 3.91. The van der Waals surface area contributed by atoms with Crippen LogP contribution in [0, 0.1) is 13.8 Å². The van der Waals surface area contributed by atoms with Crippen molar-refractivity contribution in [2.75, 3.05) is 0 Å². The van der Waals surface area contributed by atoms with Crippen molar-refractivity contribution in [2.24, 2.45) is 0 Å². The zero-order valence-electron chi connectivity index (χ0n) is 10.7. The lowest BCUT2D eigenvalue weighted by Gasteiger charge is -2.11. The number of hydrogen-bond acceptors (Lipinski definition) is 4. The van der Waals surface area contributed by atoms with Crippen molar-refractivity contribution in [1.82, 2.24) is 0 Å². The topological polar surface area (TPSA) is 60.4 Å². The molecule has 0 N–H and O–H groups in total. The molecule has 0 heterocycles. The van der Waals surface area contributed by atoms with Gasteiger partial charge in [-0.1, -0.05) is 0 Å². The van der Waals surface area contributed by atoms with Crippen LogP contribution in [-0.4, -0.2) is 20.5 Å². The van der Waals surface area contributed by atoms with Crippen LogP contribution in [0.2, 0.25) is 0 Å². The predicted molar refractivity (Wildman–Crippen MR) is 69.5 cm³/mol. The standard InChI is InChI=1S/C12H15ClO4S/c1-7(2)17-12(14)10-5-8(3)9(4)11(6-10)18(13,15)16/h5-7H,1-4H3. The Bertz CT molecular complexity index is 576. The molecule has 4 nitrogen and oxygen atoms in total. The molecule has 1 rings (SSSR count). The monoisotopic (exact) mass is 290 g/mol. The number of rotatable bonds is 3. The lowest BCUT2D eigenvalue weighted by molar-refractivity contribution is 0.0377. The second-order valence-corrected chi connectivity index (χ2v) is 6.84. The molecule has 0 aliphatic carbocycles. The molecule has 0 fully saturated rings. The van der Waals surface area contributed by atoms with Gasteiger partial charge in [-0.05, 0) is 51.0 Å². The van der Waals surface area contributed by atoms with Gasteiger partial charge in [-0.25, -0.2) is 13.2 Å². The van der Waals surface area contributed by atoms with E-state index < -0.39 is 15.0 Å². The van der Waals surface area contributed by atoms with Crippen LogP contribution in [0.5, 0.6) is 0 Å². The number of aryl methyl sites for hydroxylation is 1. The van der Waals surface area contributed by atoms with Gasteiger partial charge in [0.05, 0.1) is 16.6 Å². The van der Waals surface area contributed by atoms with Crippen molar-refractivity contribution < 1.29 is 17.9 Å². The predicted octanol–water partition coefficient (Wildman–Crippen LogP) is 2.80. The van der Waals surface area contributed by atoms with Gasteiger partial charge >= 0.3 is 5.97 Å². The molecule has 0 bridgehead atoms. The average Bonchev–Trinajstić information content (AvgIpc) is 2.18. The Balaban J connectivity index is 3.34. The van der Waals surface area contributed by atoms with Gasteiger partial charge in [0.1, 0.15) is 0 Å². The van der Waals surface area contributed by atoms with Crippen LogP contribution >= 0.6 is 10.7 Å². The first-order chi connectivity index (χ1) is 8.12. The van der Waals surface area contributed by atoms with E-state index in [1.807, 2.05) is 0 Å². The minimum Gasteiger partial charge on any atom is -0.459 e. The van der Waals surface area contributed by atoms with Crippen LogP contribution in [0.1, 0.15) is 35.3 Å². The second-order valence-electron chi connectivity index (χ2n) is 4.31. The first-order valence-corrected chi connectivity index (χ1v) is 7.70. The fourth-order valence-corrected chi connectivity index (χ4v) is 2.76. The summed E-state index contributed by atoms with van der Waals surface area (Å²) in [4.78, 5) is 11.7. The molecule has 0 spiro atoms. The van der Waals surface area contributed by atoms with Crippen LogP contribution in [0.15, 0.2) is 17.0 Å². The molecule has 6 heteroatoms. The molecule has 0 saturated carbocycles. The summed E-state index contributed by atoms with van der Waals surface area (Å²) in [6.45, 7) is 6.80. The smallest absolute Gasteiger partial charge is 0.338 e. The molecule has 0 atom stereocenters. The van der Waals surface area contributed by atoms with E-state index in [1.165, 1.54) is 6.07 Å². The summed E-state index contributed by atoms with van der Waals surface area (Å²) < 4.78 is 27.9. The van der Waals surface area contributed by atoms with Crippen LogP contribution in [0.25, 0.3) is 0 Å². The van der Waals surface area contributed by atoms with E-state index in [0.29, 0.717) is 11.1 Å². The summed E-state index contributed by atoms with van der Waals surface area (Å²) >= 11 is 0. The molecule has 0 aliphatic rings. The first kappa shape index (κ1) is 15.0. The molecule has 1 aromatic rings. The SMILES string of the molecule is Cc1cc(C(=O)OC(C)C)cc(S(=O)(=O)Cl)c1C. The summed E-state index contributed by atoms with van der Waals surface area (Å²) in [5.74, 6) is -0.560. The Labute approximate surface area is 111 Å². The first-order valence-electron chi connectivity index (χ1n) is 5.40. The third kappa shape index (κ3) is 3.46. The highest BCUT2D eigenvalue weighted by Gasteiger charge is 2.19. The quantitative estimate of drug-likeness (QED) is 0.634. The molecule has 0 aromatic heterocycles. The normalized spacial score (nSPS) is 11.7. The molecule has 0 saturated heterocycles. The van der Waals surface area contributed by atoms with Crippen LogP contribution in [0.3, 0.4) is 0 Å². The summed E-state index contributed by atoms with van der Waals surface area (Å²) in [7, 11) is 1.46. The van der Waals surface area contributed by atoms with Gasteiger partial charge in [0.25, 0.3) is 9.05 Å². The Morgan fingerprint density at radius 3 is 2.28 bits per heavy atom. The molecule has 1 aromatic carbocycles. The maximum absolute atomic E-state index is 11.7. The highest BCUT2D eigenvalue weighted by molar-refractivity contribution is 8.13. The minimum absolute atomic E-state index is 0.0557. The van der Waals surface area contributed by atoms with E-state index in [4.69, 9.17) is 15.4 Å². The number of benzene rings is 1. The number of hydrogen-bond donors (Lipinski definition) is 0. The van der Waals surface area contributed by atoms with Crippen molar-refractivity contribution in [3.05, 3.63) is 28.8 Å². The largest absolute Gasteiger partial charge is 0.459 e. The second kappa shape index (κ2) is 5.28. The molecule has 0 unspecified atom stereocenters. The van der Waals surface area contributed by atoms with Gasteiger partial charge in [0, 0.05) is 10.7 Å². The van der Waals surface area contributed by atoms with Gasteiger partial charge in [-0.3, -0.25) is 0 Å². The Morgan fingerprint density at radius 1 is 1.28 bits per heavy atom. The van der Waals surface area contributed by atoms with Crippen LogP contribution in [-0.2, 0) is 13.8 Å². The molecule has 18 heavy (non-hydrogen) atoms. The molecular weight excluding hydrogens is 276 g/mol. The Morgan fingerprint density at radius 2 is 1.83 bits per heavy atom. The van der Waals surface area contributed by atoms with Crippen LogP contribution in [0.4, 0.5) is 0 Å². The zero-order valence-corrected chi connectivity index (χ0v) is 12.2. The van der Waals surface area contributed by atoms with Gasteiger partial charge in [0.15, 0.2) is 0 Å². The molecule has 0 amide bonds. The highest BCUT2D eigenvalue weighted by atomic mass is 35.7. The number of ether oxygens (including phenoxy) is 1. The van der Waals surface area contributed by atoms with Crippen LogP contribution < -0.4 is 0 Å². The summed E-state index contributed by atoms with van der Waals surface area (Å²) in [6, 6.07) is 2.83. The van der Waals surface area contributed by atoms with E-state index in [-0.39, 0.29) is 16.6 Å². The lowest BCUT2D eigenvalue weighted by atomic mass is 10.1. The van der Waals surface area contributed by atoms with Crippen molar-refractivity contribution in [3.8, 4) is 0 Å². The van der Waals surface area contributed by atoms with Gasteiger partial charge in [0.2, 0.25) is 0 Å². The third-order valence-electron chi connectivity index (χ3n) is 2.46. The lowest BCUT2D eigenvalue weighted by Crippen LogP contribution is -2.13. The summed E-state index contributed by atoms with van der Waals surface area (Å²) in [5, 5.41) is 0. The van der Waals surface area contributed by atoms with Gasteiger partial charge in [-0.15, -0.1) is 0 Å². The molecule has 0 aliphatic heterocycles. The van der Waals surface area contributed by atoms with E-state index in [2.05, 4.69) is 0 Å². The molecule has 0 radical (unpaired) electrons. The van der Waals surface area contributed by atoms with E-state index in [1.54, 1.807) is 33.8 Å². The number of carbonyl (C=O) groups is 1. The summed E-state index contributed by atoms with van der Waals surface area (Å²) in [6.07, 6.45) is -0.268. The van der Waals surface area contributed by atoms with Crippen molar-refractivity contribution in [2.45, 2.75) is 38.7 Å². The summed E-state index contributed by atoms with van der Waals surface area (Å²) in [5.41, 5.74) is 1.39. The number of carbonyl (C=O) groups excluding carboxylic acids is 1. The average molecular weight is 291 g/mol. The van der Waals surface area contributed by atoms with Crippen molar-refractivity contribution in [3.63, 3.8) is 0 Å². The van der Waals surface area contributed by atoms with E-state index >= 15 is 0 Å². The zero-order chi connectivity index (χ0) is 14.1. The number of esters is 1. The fourth-order valence-electron chi connectivity index (χ4n) is 1.48. The van der Waals surface area contributed by atoms with E-state index in [0.717, 1.165) is 0 Å². The highest BCUT2D eigenvalue weighted by Crippen LogP contribution is 2.24.